The van der Waals surface area contributed by atoms with E-state index in [1.54, 1.807) is 6.20 Å². The summed E-state index contributed by atoms with van der Waals surface area (Å²) < 4.78 is 0. The summed E-state index contributed by atoms with van der Waals surface area (Å²) >= 11 is 0. The molecule has 0 heterocycles. The Kier molecular flexibility index (Phi) is 9.54. The number of hydrogen-bond donors (Lipinski definition) is 1. The third-order valence-corrected chi connectivity index (χ3v) is 1.76. The van der Waals surface area contributed by atoms with E-state index >= 15 is 0 Å². The summed E-state index contributed by atoms with van der Waals surface area (Å²) in [4.78, 5) is 9.82. The SMILES string of the molecule is CCCCCCCC=CNC=O. The van der Waals surface area contributed by atoms with Crippen molar-refractivity contribution in [2.45, 2.75) is 45.4 Å². The van der Waals surface area contributed by atoms with Crippen LogP contribution in [0, 0.1) is 0 Å². The van der Waals surface area contributed by atoms with Gasteiger partial charge < -0.3 is 5.32 Å². The zero-order chi connectivity index (χ0) is 9.07. The quantitative estimate of drug-likeness (QED) is 0.439. The lowest BCUT2D eigenvalue weighted by Crippen LogP contribution is -1.97. The van der Waals surface area contributed by atoms with Crippen LogP contribution in [-0.2, 0) is 4.79 Å². The fourth-order valence-electron chi connectivity index (χ4n) is 1.06. The largest absolute Gasteiger partial charge is 0.336 e. The molecule has 12 heavy (non-hydrogen) atoms. The number of nitrogens with one attached hydrogen (secondary N) is 1. The molecule has 0 bridgehead atoms. The van der Waals surface area contributed by atoms with Crippen LogP contribution in [0.15, 0.2) is 12.3 Å². The van der Waals surface area contributed by atoms with Gasteiger partial charge in [-0.3, -0.25) is 4.79 Å². The Hall–Kier alpha value is -0.790. The third kappa shape index (κ3) is 9.21. The molecule has 0 atom stereocenters. The zero-order valence-corrected chi connectivity index (χ0v) is 7.88. The zero-order valence-electron chi connectivity index (χ0n) is 7.88. The van der Waals surface area contributed by atoms with E-state index < -0.39 is 0 Å². The topological polar surface area (TPSA) is 29.1 Å². The van der Waals surface area contributed by atoms with Crippen molar-refractivity contribution in [3.05, 3.63) is 12.3 Å². The van der Waals surface area contributed by atoms with E-state index in [4.69, 9.17) is 0 Å². The molecule has 0 aromatic heterocycles. The average Bonchev–Trinajstić information content (AvgIpc) is 2.10. The molecule has 0 unspecified atom stereocenters. The molecule has 0 saturated carbocycles. The van der Waals surface area contributed by atoms with E-state index in [2.05, 4.69) is 12.2 Å². The molecule has 0 radical (unpaired) electrons. The Morgan fingerprint density at radius 3 is 2.58 bits per heavy atom. The van der Waals surface area contributed by atoms with Crippen molar-refractivity contribution in [2.75, 3.05) is 0 Å². The average molecular weight is 169 g/mol. The molecule has 0 aliphatic heterocycles. The maximum absolute atomic E-state index is 9.82. The van der Waals surface area contributed by atoms with Gasteiger partial charge in [-0.05, 0) is 19.0 Å². The molecule has 0 saturated heterocycles. The van der Waals surface area contributed by atoms with E-state index in [-0.39, 0.29) is 0 Å². The second-order valence-corrected chi connectivity index (χ2v) is 2.89. The van der Waals surface area contributed by atoms with Gasteiger partial charge in [0.15, 0.2) is 0 Å². The summed E-state index contributed by atoms with van der Waals surface area (Å²) in [7, 11) is 0. The van der Waals surface area contributed by atoms with Gasteiger partial charge in [-0.15, -0.1) is 0 Å². The number of rotatable bonds is 8. The Bertz CT molecular complexity index is 121. The van der Waals surface area contributed by atoms with Gasteiger partial charge in [-0.1, -0.05) is 38.7 Å². The molecular weight excluding hydrogens is 150 g/mol. The Morgan fingerprint density at radius 2 is 1.92 bits per heavy atom. The Morgan fingerprint density at radius 1 is 1.17 bits per heavy atom. The fraction of sp³-hybridized carbons (Fsp3) is 0.700. The number of amides is 1. The van der Waals surface area contributed by atoms with Crippen molar-refractivity contribution in [3.8, 4) is 0 Å². The minimum absolute atomic E-state index is 0.688. The van der Waals surface area contributed by atoms with Gasteiger partial charge in [0.25, 0.3) is 0 Å². The molecule has 0 spiro atoms. The van der Waals surface area contributed by atoms with Crippen LogP contribution in [-0.4, -0.2) is 6.41 Å². The molecule has 0 aromatic rings. The van der Waals surface area contributed by atoms with Gasteiger partial charge in [0.05, 0.1) is 0 Å². The summed E-state index contributed by atoms with van der Waals surface area (Å²) in [5, 5.41) is 2.49. The highest BCUT2D eigenvalue weighted by atomic mass is 16.1. The van der Waals surface area contributed by atoms with Crippen LogP contribution >= 0.6 is 0 Å². The predicted octanol–water partition coefficient (Wildman–Crippen LogP) is 2.61. The van der Waals surface area contributed by atoms with Crippen LogP contribution in [0.4, 0.5) is 0 Å². The van der Waals surface area contributed by atoms with Gasteiger partial charge in [-0.2, -0.15) is 0 Å². The number of hydrogen-bond acceptors (Lipinski definition) is 1. The van der Waals surface area contributed by atoms with Gasteiger partial charge in [0.2, 0.25) is 6.41 Å². The monoisotopic (exact) mass is 169 g/mol. The van der Waals surface area contributed by atoms with Crippen molar-refractivity contribution < 1.29 is 4.79 Å². The number of allylic oxidation sites excluding steroid dienone is 1. The smallest absolute Gasteiger partial charge is 0.211 e. The molecule has 2 nitrogen and oxygen atoms in total. The van der Waals surface area contributed by atoms with Crippen LogP contribution < -0.4 is 5.32 Å². The number of unbranched alkanes of at least 4 members (excludes halogenated alkanes) is 5. The Labute approximate surface area is 75.0 Å². The second-order valence-electron chi connectivity index (χ2n) is 2.89. The van der Waals surface area contributed by atoms with Crippen molar-refractivity contribution in [1.82, 2.24) is 5.32 Å². The molecule has 1 N–H and O–H groups in total. The lowest BCUT2D eigenvalue weighted by Gasteiger charge is -1.95. The standard InChI is InChI=1S/C10H19NO/c1-2-3-4-5-6-7-8-9-11-10-12/h8-10H,2-7H2,1H3,(H,11,12). The first-order chi connectivity index (χ1) is 5.91. The first-order valence-corrected chi connectivity index (χ1v) is 4.76. The second kappa shape index (κ2) is 10.2. The van der Waals surface area contributed by atoms with E-state index in [0.29, 0.717) is 6.41 Å². The first kappa shape index (κ1) is 11.2. The molecule has 70 valence electrons. The minimum Gasteiger partial charge on any atom is -0.336 e. The lowest BCUT2D eigenvalue weighted by molar-refractivity contribution is -0.108. The van der Waals surface area contributed by atoms with Gasteiger partial charge in [0.1, 0.15) is 0 Å². The predicted molar refractivity (Wildman–Crippen MR) is 51.7 cm³/mol. The molecule has 0 aromatic carbocycles. The van der Waals surface area contributed by atoms with Crippen molar-refractivity contribution >= 4 is 6.41 Å². The summed E-state index contributed by atoms with van der Waals surface area (Å²) in [5.74, 6) is 0. The lowest BCUT2D eigenvalue weighted by atomic mass is 10.1. The molecule has 0 fully saturated rings. The highest BCUT2D eigenvalue weighted by molar-refractivity contribution is 5.47. The summed E-state index contributed by atoms with van der Waals surface area (Å²) in [5.41, 5.74) is 0. The van der Waals surface area contributed by atoms with Crippen LogP contribution in [0.2, 0.25) is 0 Å². The van der Waals surface area contributed by atoms with E-state index in [0.717, 1.165) is 6.42 Å². The summed E-state index contributed by atoms with van der Waals surface area (Å²) in [6, 6.07) is 0. The van der Waals surface area contributed by atoms with Crippen molar-refractivity contribution in [1.29, 1.82) is 0 Å². The highest BCUT2D eigenvalue weighted by Crippen LogP contribution is 2.04. The Balaban J connectivity index is 2.94. The van der Waals surface area contributed by atoms with Gasteiger partial charge in [-0.25, -0.2) is 0 Å². The first-order valence-electron chi connectivity index (χ1n) is 4.76. The normalized spacial score (nSPS) is 10.4. The molecule has 0 aliphatic carbocycles. The van der Waals surface area contributed by atoms with Gasteiger partial charge >= 0.3 is 0 Å². The highest BCUT2D eigenvalue weighted by Gasteiger charge is 1.85. The number of carbonyl (C=O) groups excluding carboxylic acids is 1. The van der Waals surface area contributed by atoms with Crippen LogP contribution in [0.5, 0.6) is 0 Å². The molecule has 0 aliphatic rings. The summed E-state index contributed by atoms with van der Waals surface area (Å²) in [6.07, 6.45) is 12.0. The van der Waals surface area contributed by atoms with Crippen LogP contribution in [0.25, 0.3) is 0 Å². The minimum atomic E-state index is 0.688. The van der Waals surface area contributed by atoms with E-state index in [9.17, 15) is 4.79 Å². The fourth-order valence-corrected chi connectivity index (χ4v) is 1.06. The molecule has 1 amide bonds. The van der Waals surface area contributed by atoms with Gasteiger partial charge in [0, 0.05) is 0 Å². The van der Waals surface area contributed by atoms with E-state index in [1.807, 2.05) is 6.08 Å². The molecular formula is C10H19NO. The van der Waals surface area contributed by atoms with Crippen LogP contribution in [0.1, 0.15) is 45.4 Å². The maximum atomic E-state index is 9.82. The maximum Gasteiger partial charge on any atom is 0.211 e. The van der Waals surface area contributed by atoms with E-state index in [1.165, 1.54) is 32.1 Å². The number of carbonyl (C=O) groups is 1. The summed E-state index contributed by atoms with van der Waals surface area (Å²) in [6.45, 7) is 2.22. The van der Waals surface area contributed by atoms with Crippen molar-refractivity contribution in [2.24, 2.45) is 0 Å². The van der Waals surface area contributed by atoms with Crippen LogP contribution in [0.3, 0.4) is 0 Å². The molecule has 0 rings (SSSR count). The molecule has 2 heteroatoms. The van der Waals surface area contributed by atoms with Crippen molar-refractivity contribution in [3.63, 3.8) is 0 Å². The third-order valence-electron chi connectivity index (χ3n) is 1.76.